The summed E-state index contributed by atoms with van der Waals surface area (Å²) >= 11 is 8.63. The van der Waals surface area contributed by atoms with E-state index in [9.17, 15) is 0 Å². The number of nitrogens with zero attached hydrogens (tertiary/aromatic N) is 3. The lowest BCUT2D eigenvalue weighted by atomic mass is 10.2. The van der Waals surface area contributed by atoms with Gasteiger partial charge in [-0.2, -0.15) is 5.10 Å². The predicted octanol–water partition coefficient (Wildman–Crippen LogP) is 2.24. The zero-order chi connectivity index (χ0) is 13.9. The molecule has 0 aromatic carbocycles. The van der Waals surface area contributed by atoms with Gasteiger partial charge < -0.3 is 5.73 Å². The van der Waals surface area contributed by atoms with Crippen LogP contribution in [-0.4, -0.2) is 32.3 Å². The van der Waals surface area contributed by atoms with Gasteiger partial charge in [0.1, 0.15) is 0 Å². The number of halogens is 1. The van der Waals surface area contributed by atoms with Crippen LogP contribution in [0.4, 0.5) is 0 Å². The lowest BCUT2D eigenvalue weighted by Crippen LogP contribution is -2.37. The highest BCUT2D eigenvalue weighted by Gasteiger charge is 2.18. The van der Waals surface area contributed by atoms with Gasteiger partial charge >= 0.3 is 0 Å². The quantitative estimate of drug-likeness (QED) is 0.811. The van der Waals surface area contributed by atoms with Crippen LogP contribution in [0.15, 0.2) is 4.47 Å². The Labute approximate surface area is 123 Å². The number of aryl methyl sites for hydroxylation is 2. The second-order valence-electron chi connectivity index (χ2n) is 4.65. The van der Waals surface area contributed by atoms with E-state index in [1.807, 2.05) is 11.7 Å². The highest BCUT2D eigenvalue weighted by Crippen LogP contribution is 2.23. The monoisotopic (exact) mass is 332 g/mol. The lowest BCUT2D eigenvalue weighted by molar-refractivity contribution is 0.238. The summed E-state index contributed by atoms with van der Waals surface area (Å²) in [6, 6.07) is 0.387. The minimum Gasteiger partial charge on any atom is -0.392 e. The molecular weight excluding hydrogens is 312 g/mol. The summed E-state index contributed by atoms with van der Waals surface area (Å²) in [5.41, 5.74) is 7.90. The molecule has 6 heteroatoms. The molecule has 0 saturated heterocycles. The molecule has 0 aliphatic carbocycles. The molecule has 0 spiro atoms. The van der Waals surface area contributed by atoms with Gasteiger partial charge in [0, 0.05) is 26.2 Å². The van der Waals surface area contributed by atoms with Crippen molar-refractivity contribution in [1.29, 1.82) is 0 Å². The first-order valence-electron chi connectivity index (χ1n) is 6.09. The summed E-state index contributed by atoms with van der Waals surface area (Å²) < 4.78 is 3.03. The SMILES string of the molecule is CCc1nn(C)c(CN(CC(N)=S)C(C)C)c1Br. The maximum atomic E-state index is 5.65. The van der Waals surface area contributed by atoms with Crippen molar-refractivity contribution in [2.24, 2.45) is 12.8 Å². The van der Waals surface area contributed by atoms with Crippen molar-refractivity contribution in [3.8, 4) is 0 Å². The summed E-state index contributed by atoms with van der Waals surface area (Å²) in [5, 5.41) is 4.50. The molecule has 1 aromatic heterocycles. The van der Waals surface area contributed by atoms with Crippen molar-refractivity contribution in [3.05, 3.63) is 15.9 Å². The van der Waals surface area contributed by atoms with E-state index in [4.69, 9.17) is 18.0 Å². The molecule has 0 bridgehead atoms. The molecule has 1 rings (SSSR count). The molecule has 0 aliphatic rings. The number of aromatic nitrogens is 2. The fourth-order valence-electron chi connectivity index (χ4n) is 1.81. The summed E-state index contributed by atoms with van der Waals surface area (Å²) in [7, 11) is 1.97. The Hall–Kier alpha value is -0.460. The molecule has 1 heterocycles. The van der Waals surface area contributed by atoms with Crippen LogP contribution in [0.5, 0.6) is 0 Å². The van der Waals surface area contributed by atoms with Crippen molar-refractivity contribution in [2.45, 2.75) is 39.8 Å². The van der Waals surface area contributed by atoms with Gasteiger partial charge in [-0.15, -0.1) is 0 Å². The summed E-state index contributed by atoms with van der Waals surface area (Å²) in [5.74, 6) is 0. The summed E-state index contributed by atoms with van der Waals surface area (Å²) in [4.78, 5) is 2.77. The minimum atomic E-state index is 0.387. The Morgan fingerprint density at radius 1 is 1.56 bits per heavy atom. The molecule has 0 atom stereocenters. The third-order valence-electron chi connectivity index (χ3n) is 2.95. The second-order valence-corrected chi connectivity index (χ2v) is 5.97. The van der Waals surface area contributed by atoms with E-state index in [-0.39, 0.29) is 0 Å². The smallest absolute Gasteiger partial charge is 0.0870 e. The average molecular weight is 333 g/mol. The first-order valence-corrected chi connectivity index (χ1v) is 7.29. The number of hydrogen-bond donors (Lipinski definition) is 1. The number of thiocarbonyl (C=S) groups is 1. The molecule has 18 heavy (non-hydrogen) atoms. The lowest BCUT2D eigenvalue weighted by Gasteiger charge is -2.25. The molecule has 0 radical (unpaired) electrons. The predicted molar refractivity (Wildman–Crippen MR) is 82.6 cm³/mol. The van der Waals surface area contributed by atoms with Gasteiger partial charge in [-0.25, -0.2) is 0 Å². The van der Waals surface area contributed by atoms with Crippen LogP contribution >= 0.6 is 28.1 Å². The molecule has 0 aliphatic heterocycles. The van der Waals surface area contributed by atoms with Gasteiger partial charge in [-0.1, -0.05) is 19.1 Å². The standard InChI is InChI=1S/C12H21BrN4S/c1-5-9-12(13)10(16(4)15-9)6-17(8(2)3)7-11(14)18/h8H,5-7H2,1-4H3,(H2,14,18). The fourth-order valence-corrected chi connectivity index (χ4v) is 2.71. The van der Waals surface area contributed by atoms with E-state index >= 15 is 0 Å². The Morgan fingerprint density at radius 2 is 2.17 bits per heavy atom. The first kappa shape index (κ1) is 15.6. The van der Waals surface area contributed by atoms with Gasteiger partial charge in [-0.05, 0) is 36.2 Å². The van der Waals surface area contributed by atoms with Gasteiger partial charge in [0.15, 0.2) is 0 Å². The van der Waals surface area contributed by atoms with Gasteiger partial charge in [0.05, 0.1) is 20.8 Å². The topological polar surface area (TPSA) is 47.1 Å². The number of nitrogens with two attached hydrogens (primary N) is 1. The summed E-state index contributed by atoms with van der Waals surface area (Å²) in [6.07, 6.45) is 0.922. The largest absolute Gasteiger partial charge is 0.392 e. The van der Waals surface area contributed by atoms with Crippen LogP contribution < -0.4 is 5.73 Å². The van der Waals surface area contributed by atoms with Crippen LogP contribution in [0.1, 0.15) is 32.2 Å². The molecule has 4 nitrogen and oxygen atoms in total. The molecule has 0 unspecified atom stereocenters. The van der Waals surface area contributed by atoms with Crippen LogP contribution in [0.25, 0.3) is 0 Å². The number of hydrogen-bond acceptors (Lipinski definition) is 3. The van der Waals surface area contributed by atoms with E-state index in [1.54, 1.807) is 0 Å². The van der Waals surface area contributed by atoms with Crippen molar-refractivity contribution >= 4 is 33.1 Å². The van der Waals surface area contributed by atoms with E-state index in [0.717, 1.165) is 28.8 Å². The Kier molecular flexibility index (Phi) is 5.75. The van der Waals surface area contributed by atoms with Crippen LogP contribution in [-0.2, 0) is 20.0 Å². The molecule has 0 fully saturated rings. The van der Waals surface area contributed by atoms with Crippen molar-refractivity contribution in [1.82, 2.24) is 14.7 Å². The molecule has 102 valence electrons. The third-order valence-corrected chi connectivity index (χ3v) is 3.99. The molecule has 1 aromatic rings. The molecule has 2 N–H and O–H groups in total. The second kappa shape index (κ2) is 6.63. The van der Waals surface area contributed by atoms with E-state index in [1.165, 1.54) is 0 Å². The van der Waals surface area contributed by atoms with Crippen molar-refractivity contribution in [3.63, 3.8) is 0 Å². The summed E-state index contributed by atoms with van der Waals surface area (Å²) in [6.45, 7) is 7.81. The molecule has 0 amide bonds. The molecule has 0 saturated carbocycles. The first-order chi connectivity index (χ1) is 8.36. The van der Waals surface area contributed by atoms with Crippen LogP contribution in [0.2, 0.25) is 0 Å². The zero-order valence-electron chi connectivity index (χ0n) is 11.4. The van der Waals surface area contributed by atoms with Crippen LogP contribution in [0, 0.1) is 0 Å². The van der Waals surface area contributed by atoms with Gasteiger partial charge in [-0.3, -0.25) is 9.58 Å². The number of rotatable bonds is 6. The maximum absolute atomic E-state index is 5.65. The van der Waals surface area contributed by atoms with E-state index in [2.05, 4.69) is 46.7 Å². The van der Waals surface area contributed by atoms with Crippen LogP contribution in [0.3, 0.4) is 0 Å². The highest BCUT2D eigenvalue weighted by atomic mass is 79.9. The normalized spacial score (nSPS) is 11.5. The average Bonchev–Trinajstić information content (AvgIpc) is 2.54. The zero-order valence-corrected chi connectivity index (χ0v) is 13.8. The minimum absolute atomic E-state index is 0.387. The van der Waals surface area contributed by atoms with Crippen molar-refractivity contribution < 1.29 is 0 Å². The van der Waals surface area contributed by atoms with Crippen molar-refractivity contribution in [2.75, 3.05) is 6.54 Å². The fraction of sp³-hybridized carbons (Fsp3) is 0.667. The Bertz CT molecular complexity index is 428. The third kappa shape index (κ3) is 3.76. The maximum Gasteiger partial charge on any atom is 0.0870 e. The molecular formula is C12H21BrN4S. The Balaban J connectivity index is 2.93. The van der Waals surface area contributed by atoms with Gasteiger partial charge in [0.25, 0.3) is 0 Å². The van der Waals surface area contributed by atoms with Gasteiger partial charge in [0.2, 0.25) is 0 Å². The highest BCUT2D eigenvalue weighted by molar-refractivity contribution is 9.10. The van der Waals surface area contributed by atoms with E-state index < -0.39 is 0 Å². The van der Waals surface area contributed by atoms with E-state index in [0.29, 0.717) is 17.6 Å². The Morgan fingerprint density at radius 3 is 2.56 bits per heavy atom.